The van der Waals surface area contributed by atoms with Gasteiger partial charge in [0.05, 0.1) is 0 Å². The molecule has 0 rings (SSSR count). The normalized spacial score (nSPS) is 12.0. The molecule has 0 bridgehead atoms. The van der Waals surface area contributed by atoms with Crippen LogP contribution in [0, 0.1) is 0 Å². The number of allylic oxidation sites excluding steroid dienone is 2. The first kappa shape index (κ1) is 58.1. The standard InChI is InChI=1S/C54H102O6/c1-4-7-10-13-16-18-20-22-24-25-26-27-28-29-30-31-33-34-36-38-41-44-47-53(56)59-50-51(49-58-52(55)46-43-40-15-12-9-6-3)60-54(57)48-45-42-39-37-35-32-23-21-19-17-14-11-8-5-2/h21,23,51H,4-20,22,24-50H2,1-3H3/b23-21-. The van der Waals surface area contributed by atoms with Gasteiger partial charge in [-0.15, -0.1) is 0 Å². The molecule has 1 atom stereocenters. The van der Waals surface area contributed by atoms with Crippen LogP contribution in [0.3, 0.4) is 0 Å². The van der Waals surface area contributed by atoms with Gasteiger partial charge < -0.3 is 14.2 Å². The molecular formula is C54H102O6. The van der Waals surface area contributed by atoms with Crippen LogP contribution in [0.25, 0.3) is 0 Å². The molecule has 0 aromatic heterocycles. The van der Waals surface area contributed by atoms with E-state index in [2.05, 4.69) is 32.9 Å². The van der Waals surface area contributed by atoms with Crippen LogP contribution in [0.2, 0.25) is 0 Å². The SMILES string of the molecule is CCCCCCC/C=C\CCCCCCCC(=O)OC(COC(=O)CCCCCCCC)COC(=O)CCCCCCCCCCCCCCCCCCCCCCCC. The van der Waals surface area contributed by atoms with Gasteiger partial charge in [-0.1, -0.05) is 245 Å². The quantitative estimate of drug-likeness (QED) is 0.0263. The Hall–Kier alpha value is -1.85. The topological polar surface area (TPSA) is 78.9 Å². The van der Waals surface area contributed by atoms with Crippen molar-refractivity contribution in [2.75, 3.05) is 13.2 Å². The monoisotopic (exact) mass is 847 g/mol. The van der Waals surface area contributed by atoms with E-state index in [1.54, 1.807) is 0 Å². The van der Waals surface area contributed by atoms with E-state index in [0.717, 1.165) is 64.2 Å². The molecule has 0 aromatic rings. The summed E-state index contributed by atoms with van der Waals surface area (Å²) in [6, 6.07) is 0. The third kappa shape index (κ3) is 47.2. The zero-order chi connectivity index (χ0) is 43.7. The van der Waals surface area contributed by atoms with Gasteiger partial charge in [-0.3, -0.25) is 14.4 Å². The predicted molar refractivity (Wildman–Crippen MR) is 256 cm³/mol. The van der Waals surface area contributed by atoms with Crippen molar-refractivity contribution < 1.29 is 28.6 Å². The summed E-state index contributed by atoms with van der Waals surface area (Å²) in [5.74, 6) is -0.872. The first-order valence-electron chi connectivity index (χ1n) is 26.7. The number of esters is 3. The maximum absolute atomic E-state index is 12.7. The van der Waals surface area contributed by atoms with E-state index in [4.69, 9.17) is 14.2 Å². The first-order valence-corrected chi connectivity index (χ1v) is 26.7. The fourth-order valence-corrected chi connectivity index (χ4v) is 7.97. The van der Waals surface area contributed by atoms with Crippen molar-refractivity contribution in [1.29, 1.82) is 0 Å². The Balaban J connectivity index is 4.09. The lowest BCUT2D eigenvalue weighted by Crippen LogP contribution is -2.30. The van der Waals surface area contributed by atoms with Crippen molar-refractivity contribution in [2.45, 2.75) is 303 Å². The molecule has 354 valence electrons. The van der Waals surface area contributed by atoms with Crippen LogP contribution in [0.15, 0.2) is 12.2 Å². The number of carbonyl (C=O) groups is 3. The average Bonchev–Trinajstić information content (AvgIpc) is 3.24. The molecule has 0 saturated carbocycles. The van der Waals surface area contributed by atoms with E-state index in [9.17, 15) is 14.4 Å². The lowest BCUT2D eigenvalue weighted by molar-refractivity contribution is -0.167. The highest BCUT2D eigenvalue weighted by atomic mass is 16.6. The van der Waals surface area contributed by atoms with E-state index in [1.165, 1.54) is 193 Å². The summed E-state index contributed by atoms with van der Waals surface area (Å²) in [5, 5.41) is 0. The maximum Gasteiger partial charge on any atom is 0.306 e. The lowest BCUT2D eigenvalue weighted by Gasteiger charge is -2.18. The minimum atomic E-state index is -0.766. The van der Waals surface area contributed by atoms with Gasteiger partial charge in [0.2, 0.25) is 0 Å². The fraction of sp³-hybridized carbons (Fsp3) is 0.907. The van der Waals surface area contributed by atoms with Gasteiger partial charge in [-0.25, -0.2) is 0 Å². The second kappa shape index (κ2) is 49.8. The van der Waals surface area contributed by atoms with E-state index >= 15 is 0 Å². The summed E-state index contributed by atoms with van der Waals surface area (Å²) in [5.41, 5.74) is 0. The second-order valence-corrected chi connectivity index (χ2v) is 18.2. The highest BCUT2D eigenvalue weighted by Gasteiger charge is 2.19. The smallest absolute Gasteiger partial charge is 0.306 e. The molecule has 60 heavy (non-hydrogen) atoms. The Labute approximate surface area is 373 Å². The Bertz CT molecular complexity index is 931. The van der Waals surface area contributed by atoms with Gasteiger partial charge in [0.1, 0.15) is 13.2 Å². The molecule has 0 aliphatic heterocycles. The molecule has 0 fully saturated rings. The third-order valence-electron chi connectivity index (χ3n) is 12.0. The summed E-state index contributed by atoms with van der Waals surface area (Å²) < 4.78 is 16.7. The van der Waals surface area contributed by atoms with Gasteiger partial charge in [-0.05, 0) is 44.9 Å². The molecule has 0 heterocycles. The van der Waals surface area contributed by atoms with Gasteiger partial charge in [0, 0.05) is 19.3 Å². The molecule has 6 heteroatoms. The van der Waals surface area contributed by atoms with E-state index < -0.39 is 6.10 Å². The number of unbranched alkanes of at least 4 members (excludes halogenated alkanes) is 36. The number of carbonyl (C=O) groups excluding carboxylic acids is 3. The van der Waals surface area contributed by atoms with Gasteiger partial charge in [-0.2, -0.15) is 0 Å². The van der Waals surface area contributed by atoms with Gasteiger partial charge in [0.25, 0.3) is 0 Å². The molecule has 0 aliphatic carbocycles. The van der Waals surface area contributed by atoms with Gasteiger partial charge >= 0.3 is 17.9 Å². The number of hydrogen-bond donors (Lipinski definition) is 0. The summed E-state index contributed by atoms with van der Waals surface area (Å²) in [7, 11) is 0. The molecule has 1 unspecified atom stereocenters. The molecular weight excluding hydrogens is 745 g/mol. The maximum atomic E-state index is 12.7. The minimum absolute atomic E-state index is 0.0690. The molecule has 0 saturated heterocycles. The summed E-state index contributed by atoms with van der Waals surface area (Å²) in [6.45, 7) is 6.60. The molecule has 0 aromatic carbocycles. The number of rotatable bonds is 49. The molecule has 6 nitrogen and oxygen atoms in total. The van der Waals surface area contributed by atoms with Crippen molar-refractivity contribution in [3.63, 3.8) is 0 Å². The Morgan fingerprint density at radius 3 is 0.833 bits per heavy atom. The van der Waals surface area contributed by atoms with Crippen molar-refractivity contribution in [2.24, 2.45) is 0 Å². The van der Waals surface area contributed by atoms with E-state index in [0.29, 0.717) is 19.3 Å². The summed E-state index contributed by atoms with van der Waals surface area (Å²) in [4.78, 5) is 37.7. The third-order valence-corrected chi connectivity index (χ3v) is 12.0. The predicted octanol–water partition coefficient (Wildman–Crippen LogP) is 17.4. The van der Waals surface area contributed by atoms with Crippen LogP contribution in [0.5, 0.6) is 0 Å². The van der Waals surface area contributed by atoms with E-state index in [-0.39, 0.29) is 31.1 Å². The van der Waals surface area contributed by atoms with Crippen LogP contribution >= 0.6 is 0 Å². The van der Waals surface area contributed by atoms with Crippen LogP contribution in [0.1, 0.15) is 297 Å². The van der Waals surface area contributed by atoms with Crippen LogP contribution in [-0.2, 0) is 28.6 Å². The average molecular weight is 847 g/mol. The van der Waals surface area contributed by atoms with Crippen LogP contribution in [-0.4, -0.2) is 37.2 Å². The summed E-state index contributed by atoms with van der Waals surface area (Å²) >= 11 is 0. The highest BCUT2D eigenvalue weighted by Crippen LogP contribution is 2.17. The second-order valence-electron chi connectivity index (χ2n) is 18.2. The van der Waals surface area contributed by atoms with Crippen molar-refractivity contribution in [3.8, 4) is 0 Å². The Morgan fingerprint density at radius 2 is 0.550 bits per heavy atom. The Kier molecular flexibility index (Phi) is 48.3. The number of ether oxygens (including phenoxy) is 3. The van der Waals surface area contributed by atoms with Crippen LogP contribution < -0.4 is 0 Å². The van der Waals surface area contributed by atoms with E-state index in [1.807, 2.05) is 0 Å². The van der Waals surface area contributed by atoms with Crippen molar-refractivity contribution >= 4 is 17.9 Å². The highest BCUT2D eigenvalue weighted by molar-refractivity contribution is 5.71. The minimum Gasteiger partial charge on any atom is -0.462 e. The molecule has 0 aliphatic rings. The molecule has 0 N–H and O–H groups in total. The molecule has 0 spiro atoms. The van der Waals surface area contributed by atoms with Gasteiger partial charge in [0.15, 0.2) is 6.10 Å². The molecule has 0 radical (unpaired) electrons. The molecule has 0 amide bonds. The zero-order valence-electron chi connectivity index (χ0n) is 40.5. The van der Waals surface area contributed by atoms with Crippen molar-refractivity contribution in [1.82, 2.24) is 0 Å². The van der Waals surface area contributed by atoms with Crippen LogP contribution in [0.4, 0.5) is 0 Å². The first-order chi connectivity index (χ1) is 29.5. The van der Waals surface area contributed by atoms with Crippen molar-refractivity contribution in [3.05, 3.63) is 12.2 Å². The largest absolute Gasteiger partial charge is 0.462 e. The Morgan fingerprint density at radius 1 is 0.317 bits per heavy atom. The summed E-state index contributed by atoms with van der Waals surface area (Å²) in [6.07, 6.45) is 55.2. The number of hydrogen-bond acceptors (Lipinski definition) is 6. The zero-order valence-corrected chi connectivity index (χ0v) is 40.5. The lowest BCUT2D eigenvalue weighted by atomic mass is 10.0. The fourth-order valence-electron chi connectivity index (χ4n) is 7.97.